The number of hydrogen-bond acceptors (Lipinski definition) is 0. The SMILES string of the molecule is CC(I)CCC=Cc1ccc(Cl)cc1. The molecule has 0 aromatic heterocycles. The zero-order valence-electron chi connectivity index (χ0n) is 8.21. The maximum absolute atomic E-state index is 5.79. The van der Waals surface area contributed by atoms with E-state index >= 15 is 0 Å². The molecule has 1 aromatic carbocycles. The zero-order chi connectivity index (χ0) is 10.4. The lowest BCUT2D eigenvalue weighted by Crippen LogP contribution is -1.86. The maximum Gasteiger partial charge on any atom is 0.0406 e. The second kappa shape index (κ2) is 6.46. The molecular formula is C12H14ClI. The smallest absolute Gasteiger partial charge is 0.0406 e. The summed E-state index contributed by atoms with van der Waals surface area (Å²) in [6.45, 7) is 2.23. The van der Waals surface area contributed by atoms with Gasteiger partial charge in [0.25, 0.3) is 0 Å². The highest BCUT2D eigenvalue weighted by atomic mass is 127. The molecule has 0 nitrogen and oxygen atoms in total. The van der Waals surface area contributed by atoms with Crippen LogP contribution in [0.3, 0.4) is 0 Å². The standard InChI is InChI=1S/C12H14ClI/c1-10(14)4-2-3-5-11-6-8-12(13)9-7-11/h3,5-10H,2,4H2,1H3. The Morgan fingerprint density at radius 2 is 2.00 bits per heavy atom. The minimum Gasteiger partial charge on any atom is -0.0843 e. The van der Waals surface area contributed by atoms with E-state index in [2.05, 4.69) is 41.7 Å². The molecule has 0 N–H and O–H groups in total. The molecule has 76 valence electrons. The Hall–Kier alpha value is -0.0200. The predicted molar refractivity (Wildman–Crippen MR) is 73.2 cm³/mol. The first-order valence-corrected chi connectivity index (χ1v) is 6.37. The van der Waals surface area contributed by atoms with Crippen LogP contribution in [0, 0.1) is 0 Å². The van der Waals surface area contributed by atoms with Crippen molar-refractivity contribution < 1.29 is 0 Å². The molecule has 0 fully saturated rings. The summed E-state index contributed by atoms with van der Waals surface area (Å²) in [6.07, 6.45) is 6.76. The van der Waals surface area contributed by atoms with Gasteiger partial charge >= 0.3 is 0 Å². The molecule has 0 bridgehead atoms. The first-order chi connectivity index (χ1) is 6.68. The number of halogens is 2. The zero-order valence-corrected chi connectivity index (χ0v) is 11.1. The average molecular weight is 321 g/mol. The van der Waals surface area contributed by atoms with Crippen LogP contribution < -0.4 is 0 Å². The Bertz CT molecular complexity index is 288. The minimum absolute atomic E-state index is 0.752. The Morgan fingerprint density at radius 1 is 1.36 bits per heavy atom. The van der Waals surface area contributed by atoms with Gasteiger partial charge in [0.1, 0.15) is 0 Å². The van der Waals surface area contributed by atoms with Crippen molar-refractivity contribution in [3.63, 3.8) is 0 Å². The van der Waals surface area contributed by atoms with Gasteiger partial charge in [-0.1, -0.05) is 65.4 Å². The lowest BCUT2D eigenvalue weighted by atomic mass is 10.2. The van der Waals surface area contributed by atoms with E-state index in [4.69, 9.17) is 11.6 Å². The summed E-state index contributed by atoms with van der Waals surface area (Å²) in [7, 11) is 0. The van der Waals surface area contributed by atoms with Crippen LogP contribution in [0.2, 0.25) is 5.02 Å². The van der Waals surface area contributed by atoms with E-state index in [1.165, 1.54) is 12.0 Å². The molecule has 0 aliphatic heterocycles. The van der Waals surface area contributed by atoms with Crippen LogP contribution in [0.1, 0.15) is 25.3 Å². The van der Waals surface area contributed by atoms with Crippen LogP contribution in [-0.2, 0) is 0 Å². The van der Waals surface area contributed by atoms with Crippen molar-refractivity contribution in [3.05, 3.63) is 40.9 Å². The topological polar surface area (TPSA) is 0 Å². The molecule has 0 saturated heterocycles. The predicted octanol–water partition coefficient (Wildman–Crippen LogP) is 4.96. The van der Waals surface area contributed by atoms with Crippen LogP contribution in [-0.4, -0.2) is 3.92 Å². The van der Waals surface area contributed by atoms with Gasteiger partial charge in [0.2, 0.25) is 0 Å². The summed E-state index contributed by atoms with van der Waals surface area (Å²) in [4.78, 5) is 0. The van der Waals surface area contributed by atoms with Crippen molar-refractivity contribution in [2.75, 3.05) is 0 Å². The normalized spacial score (nSPS) is 13.4. The third-order valence-corrected chi connectivity index (χ3v) is 2.79. The molecule has 0 amide bonds. The third-order valence-electron chi connectivity index (χ3n) is 1.91. The van der Waals surface area contributed by atoms with E-state index in [0.717, 1.165) is 15.4 Å². The van der Waals surface area contributed by atoms with Gasteiger partial charge in [0.15, 0.2) is 0 Å². The van der Waals surface area contributed by atoms with Crippen LogP contribution in [0.15, 0.2) is 30.3 Å². The molecule has 0 radical (unpaired) electrons. The van der Waals surface area contributed by atoms with Crippen LogP contribution in [0.5, 0.6) is 0 Å². The molecule has 1 atom stereocenters. The minimum atomic E-state index is 0.752. The first kappa shape index (κ1) is 12.1. The molecule has 2 heteroatoms. The van der Waals surface area contributed by atoms with Gasteiger partial charge in [-0.05, 0) is 30.5 Å². The molecule has 1 aromatic rings. The number of hydrogen-bond donors (Lipinski definition) is 0. The largest absolute Gasteiger partial charge is 0.0843 e. The quantitative estimate of drug-likeness (QED) is 0.543. The Morgan fingerprint density at radius 3 is 2.57 bits per heavy atom. The van der Waals surface area contributed by atoms with Crippen molar-refractivity contribution >= 4 is 40.3 Å². The second-order valence-electron chi connectivity index (χ2n) is 3.31. The fourth-order valence-electron chi connectivity index (χ4n) is 1.12. The first-order valence-electron chi connectivity index (χ1n) is 4.74. The molecule has 1 unspecified atom stereocenters. The van der Waals surface area contributed by atoms with Gasteiger partial charge in [-0.15, -0.1) is 0 Å². The number of benzene rings is 1. The highest BCUT2D eigenvalue weighted by Gasteiger charge is 1.92. The molecule has 0 aliphatic carbocycles. The molecule has 0 spiro atoms. The maximum atomic E-state index is 5.79. The number of rotatable bonds is 4. The fraction of sp³-hybridized carbons (Fsp3) is 0.333. The van der Waals surface area contributed by atoms with E-state index < -0.39 is 0 Å². The van der Waals surface area contributed by atoms with Crippen LogP contribution in [0.4, 0.5) is 0 Å². The third kappa shape index (κ3) is 5.01. The molecular weight excluding hydrogens is 306 g/mol. The van der Waals surface area contributed by atoms with E-state index in [9.17, 15) is 0 Å². The van der Waals surface area contributed by atoms with Gasteiger partial charge in [0, 0.05) is 8.95 Å². The summed E-state index contributed by atoms with van der Waals surface area (Å²) in [5, 5.41) is 0.794. The molecule has 0 aliphatic rings. The highest BCUT2D eigenvalue weighted by Crippen LogP contribution is 2.12. The van der Waals surface area contributed by atoms with Crippen molar-refractivity contribution in [3.8, 4) is 0 Å². The van der Waals surface area contributed by atoms with Crippen molar-refractivity contribution in [2.24, 2.45) is 0 Å². The lowest BCUT2D eigenvalue weighted by Gasteiger charge is -1.97. The average Bonchev–Trinajstić information content (AvgIpc) is 2.15. The van der Waals surface area contributed by atoms with Gasteiger partial charge < -0.3 is 0 Å². The van der Waals surface area contributed by atoms with Crippen LogP contribution in [0.25, 0.3) is 6.08 Å². The van der Waals surface area contributed by atoms with Crippen molar-refractivity contribution in [1.29, 1.82) is 0 Å². The Labute approximate surface area is 104 Å². The molecule has 0 heterocycles. The van der Waals surface area contributed by atoms with E-state index in [-0.39, 0.29) is 0 Å². The summed E-state index contributed by atoms with van der Waals surface area (Å²) in [5.41, 5.74) is 1.22. The fourth-order valence-corrected chi connectivity index (χ4v) is 1.60. The van der Waals surface area contributed by atoms with Gasteiger partial charge in [-0.25, -0.2) is 0 Å². The van der Waals surface area contributed by atoms with E-state index in [1.54, 1.807) is 0 Å². The second-order valence-corrected chi connectivity index (χ2v) is 5.87. The monoisotopic (exact) mass is 320 g/mol. The summed E-state index contributed by atoms with van der Waals surface area (Å²) < 4.78 is 0.752. The number of alkyl halides is 1. The Kier molecular flexibility index (Phi) is 5.56. The molecule has 14 heavy (non-hydrogen) atoms. The van der Waals surface area contributed by atoms with Gasteiger partial charge in [0.05, 0.1) is 0 Å². The molecule has 1 rings (SSSR count). The number of allylic oxidation sites excluding steroid dienone is 1. The van der Waals surface area contributed by atoms with Gasteiger partial charge in [-0.2, -0.15) is 0 Å². The lowest BCUT2D eigenvalue weighted by molar-refractivity contribution is 0.859. The van der Waals surface area contributed by atoms with Gasteiger partial charge in [-0.3, -0.25) is 0 Å². The van der Waals surface area contributed by atoms with E-state index in [1.807, 2.05) is 24.3 Å². The summed E-state index contributed by atoms with van der Waals surface area (Å²) in [6, 6.07) is 7.91. The Balaban J connectivity index is 2.40. The van der Waals surface area contributed by atoms with Crippen LogP contribution >= 0.6 is 34.2 Å². The van der Waals surface area contributed by atoms with Crippen molar-refractivity contribution in [1.82, 2.24) is 0 Å². The summed E-state index contributed by atoms with van der Waals surface area (Å²) in [5.74, 6) is 0. The van der Waals surface area contributed by atoms with Crippen molar-refractivity contribution in [2.45, 2.75) is 23.7 Å². The van der Waals surface area contributed by atoms with E-state index in [0.29, 0.717) is 0 Å². The highest BCUT2D eigenvalue weighted by molar-refractivity contribution is 14.1. The summed E-state index contributed by atoms with van der Waals surface area (Å²) >= 11 is 8.24. The molecule has 0 saturated carbocycles.